The molecule has 0 spiro atoms. The highest BCUT2D eigenvalue weighted by Gasteiger charge is 2.36. The van der Waals surface area contributed by atoms with Gasteiger partial charge in [-0.15, -0.1) is 0 Å². The van der Waals surface area contributed by atoms with Gasteiger partial charge in [0.05, 0.1) is 0 Å². The van der Waals surface area contributed by atoms with Gasteiger partial charge in [0.1, 0.15) is 5.82 Å². The molecule has 1 heterocycles. The lowest BCUT2D eigenvalue weighted by Crippen LogP contribution is -2.55. The van der Waals surface area contributed by atoms with Gasteiger partial charge in [-0.25, -0.2) is 9.78 Å². The molecule has 0 saturated heterocycles. The zero-order valence-electron chi connectivity index (χ0n) is 21.5. The van der Waals surface area contributed by atoms with Gasteiger partial charge in [-0.3, -0.25) is 4.79 Å². The van der Waals surface area contributed by atoms with Crippen molar-refractivity contribution in [2.75, 3.05) is 18.9 Å². The Morgan fingerprint density at radius 3 is 2.50 bits per heavy atom. The summed E-state index contributed by atoms with van der Waals surface area (Å²) in [5.41, 5.74) is 0.818. The second-order valence-electron chi connectivity index (χ2n) is 11.2. The Hall–Kier alpha value is -2.19. The molecule has 1 aromatic rings. The number of likely N-dealkylation sites (N-methyl/N-ethyl adjacent to an activating group) is 1. The van der Waals surface area contributed by atoms with Crippen LogP contribution in [0.25, 0.3) is 0 Å². The second-order valence-corrected chi connectivity index (χ2v) is 11.2. The van der Waals surface area contributed by atoms with Crippen molar-refractivity contribution < 1.29 is 14.3 Å². The maximum atomic E-state index is 13.3. The molecule has 0 bridgehead atoms. The van der Waals surface area contributed by atoms with Gasteiger partial charge in [0, 0.05) is 36.3 Å². The Kier molecular flexibility index (Phi) is 8.93. The number of ether oxygens (including phenoxy) is 1. The summed E-state index contributed by atoms with van der Waals surface area (Å²) in [5.74, 6) is 0.804. The number of anilines is 1. The molecule has 0 aromatic carbocycles. The lowest BCUT2D eigenvalue weighted by Gasteiger charge is -2.42. The van der Waals surface area contributed by atoms with E-state index in [-0.39, 0.29) is 17.4 Å². The van der Waals surface area contributed by atoms with Crippen LogP contribution in [0.4, 0.5) is 10.6 Å². The van der Waals surface area contributed by atoms with Gasteiger partial charge < -0.3 is 26.0 Å². The van der Waals surface area contributed by atoms with Crippen LogP contribution in [-0.4, -0.2) is 47.8 Å². The van der Waals surface area contributed by atoms with E-state index in [4.69, 9.17) is 4.74 Å². The minimum atomic E-state index is -0.840. The number of hydrogen-bond donors (Lipinski definition) is 4. The lowest BCUT2D eigenvalue weighted by atomic mass is 9.77. The molecule has 0 radical (unpaired) electrons. The van der Waals surface area contributed by atoms with E-state index < -0.39 is 17.7 Å². The van der Waals surface area contributed by atoms with E-state index in [0.29, 0.717) is 18.3 Å². The highest BCUT2D eigenvalue weighted by Crippen LogP contribution is 2.32. The summed E-state index contributed by atoms with van der Waals surface area (Å²) in [6.07, 6.45) is 7.76. The summed E-state index contributed by atoms with van der Waals surface area (Å²) in [5, 5.41) is 12.7. The van der Waals surface area contributed by atoms with E-state index in [2.05, 4.69) is 33.2 Å². The minimum Gasteiger partial charge on any atom is -0.436 e. The van der Waals surface area contributed by atoms with Crippen molar-refractivity contribution in [1.29, 1.82) is 0 Å². The normalized spacial score (nSPS) is 22.9. The first kappa shape index (κ1) is 26.4. The molecule has 0 aliphatic heterocycles. The van der Waals surface area contributed by atoms with Gasteiger partial charge in [-0.1, -0.05) is 19.8 Å². The van der Waals surface area contributed by atoms with Crippen LogP contribution in [0.15, 0.2) is 18.3 Å². The number of carbonyl (C=O) groups is 2. The van der Waals surface area contributed by atoms with E-state index in [0.717, 1.165) is 37.8 Å². The molecular formula is C26H43N5O3. The van der Waals surface area contributed by atoms with E-state index in [1.54, 1.807) is 6.20 Å². The fourth-order valence-corrected chi connectivity index (χ4v) is 4.82. The average molecular weight is 474 g/mol. The number of rotatable bonds is 9. The van der Waals surface area contributed by atoms with E-state index in [1.807, 2.05) is 40.0 Å². The molecule has 3 rings (SSSR count). The fourth-order valence-electron chi connectivity index (χ4n) is 4.82. The summed E-state index contributed by atoms with van der Waals surface area (Å²) in [6.45, 7) is 9.50. The molecule has 190 valence electrons. The van der Waals surface area contributed by atoms with Crippen molar-refractivity contribution in [1.82, 2.24) is 20.9 Å². The largest absolute Gasteiger partial charge is 0.436 e. The number of nitrogens with zero attached hydrogens (tertiary/aromatic N) is 1. The van der Waals surface area contributed by atoms with E-state index in [9.17, 15) is 9.59 Å². The number of alkyl carbamates (subject to hydrolysis) is 1. The molecule has 34 heavy (non-hydrogen) atoms. The summed E-state index contributed by atoms with van der Waals surface area (Å²) >= 11 is 0. The quantitative estimate of drug-likeness (QED) is 0.433. The highest BCUT2D eigenvalue weighted by atomic mass is 16.6. The first-order valence-corrected chi connectivity index (χ1v) is 12.7. The van der Waals surface area contributed by atoms with Crippen LogP contribution in [0.5, 0.6) is 0 Å². The topological polar surface area (TPSA) is 104 Å². The van der Waals surface area contributed by atoms with Crippen LogP contribution in [0.2, 0.25) is 0 Å². The maximum Gasteiger partial charge on any atom is 0.408 e. The minimum absolute atomic E-state index is 0.00646. The number of nitrogens with one attached hydrogen (secondary N) is 4. The number of aromatic nitrogens is 1. The molecule has 8 heteroatoms. The van der Waals surface area contributed by atoms with Gasteiger partial charge in [0.15, 0.2) is 6.10 Å². The number of carbonyl (C=O) groups excluding carboxylic acids is 2. The molecule has 1 atom stereocenters. The van der Waals surface area contributed by atoms with E-state index >= 15 is 0 Å². The van der Waals surface area contributed by atoms with Crippen LogP contribution in [-0.2, 0) is 16.1 Å². The predicted octanol–water partition coefficient (Wildman–Crippen LogP) is 3.97. The van der Waals surface area contributed by atoms with Crippen molar-refractivity contribution in [3.05, 3.63) is 23.9 Å². The number of amides is 2. The number of hydrogen-bond acceptors (Lipinski definition) is 6. The Morgan fingerprint density at radius 1 is 1.21 bits per heavy atom. The third-order valence-corrected chi connectivity index (χ3v) is 7.17. The standard InChI is InChI=1S/C26H43N5O3/c1-18-7-9-20(10-8-18)22(34-24(33)31-25(2,3)4)23(32)30-21-15-19(11-14-29-21)16-28-17-26(27-5)12-6-13-26/h11,14-15,18,20,22,27-28H,6-10,12-13,16-17H2,1-5H3,(H,31,33)(H,29,30,32). The Morgan fingerprint density at radius 2 is 1.91 bits per heavy atom. The van der Waals surface area contributed by atoms with Crippen LogP contribution in [0.1, 0.15) is 78.2 Å². The Balaban J connectivity index is 1.61. The number of pyridine rings is 1. The molecular weight excluding hydrogens is 430 g/mol. The third-order valence-electron chi connectivity index (χ3n) is 7.17. The SMILES string of the molecule is CNC1(CNCc2ccnc(NC(=O)C(OC(=O)NC(C)(C)C)C3CCC(C)CC3)c2)CCC1. The van der Waals surface area contributed by atoms with Crippen molar-refractivity contribution in [3.8, 4) is 0 Å². The zero-order chi connectivity index (χ0) is 24.8. The fraction of sp³-hybridized carbons (Fsp3) is 0.731. The second kappa shape index (κ2) is 11.5. The molecule has 1 unspecified atom stereocenters. The molecule has 2 saturated carbocycles. The van der Waals surface area contributed by atoms with Crippen molar-refractivity contribution in [2.24, 2.45) is 11.8 Å². The van der Waals surface area contributed by atoms with Crippen LogP contribution in [0, 0.1) is 11.8 Å². The van der Waals surface area contributed by atoms with Gasteiger partial charge in [0.2, 0.25) is 0 Å². The molecule has 8 nitrogen and oxygen atoms in total. The summed E-state index contributed by atoms with van der Waals surface area (Å²) in [7, 11) is 2.02. The summed E-state index contributed by atoms with van der Waals surface area (Å²) in [4.78, 5) is 30.1. The van der Waals surface area contributed by atoms with Crippen molar-refractivity contribution in [2.45, 2.75) is 96.4 Å². The lowest BCUT2D eigenvalue weighted by molar-refractivity contribution is -0.128. The Labute approximate surface area is 204 Å². The summed E-state index contributed by atoms with van der Waals surface area (Å²) < 4.78 is 5.69. The third kappa shape index (κ3) is 7.67. The molecule has 1 aromatic heterocycles. The van der Waals surface area contributed by atoms with Gasteiger partial charge in [-0.2, -0.15) is 0 Å². The molecule has 2 amide bonds. The van der Waals surface area contributed by atoms with Crippen molar-refractivity contribution >= 4 is 17.8 Å². The van der Waals surface area contributed by atoms with Gasteiger partial charge >= 0.3 is 6.09 Å². The van der Waals surface area contributed by atoms with Crippen LogP contribution in [0.3, 0.4) is 0 Å². The molecule has 2 aliphatic rings. The first-order chi connectivity index (χ1) is 16.1. The smallest absolute Gasteiger partial charge is 0.408 e. The molecule has 4 N–H and O–H groups in total. The monoisotopic (exact) mass is 473 g/mol. The predicted molar refractivity (Wildman–Crippen MR) is 134 cm³/mol. The van der Waals surface area contributed by atoms with E-state index in [1.165, 1.54) is 19.3 Å². The van der Waals surface area contributed by atoms with Gasteiger partial charge in [0.25, 0.3) is 5.91 Å². The molecule has 2 aliphatic carbocycles. The van der Waals surface area contributed by atoms with Crippen molar-refractivity contribution in [3.63, 3.8) is 0 Å². The Bertz CT molecular complexity index is 820. The summed E-state index contributed by atoms with van der Waals surface area (Å²) in [6, 6.07) is 3.83. The maximum absolute atomic E-state index is 13.3. The van der Waals surface area contributed by atoms with Gasteiger partial charge in [-0.05, 0) is 83.5 Å². The van der Waals surface area contributed by atoms with Crippen LogP contribution >= 0.6 is 0 Å². The average Bonchev–Trinajstić information content (AvgIpc) is 2.74. The zero-order valence-corrected chi connectivity index (χ0v) is 21.5. The van der Waals surface area contributed by atoms with Crippen LogP contribution < -0.4 is 21.3 Å². The highest BCUT2D eigenvalue weighted by molar-refractivity contribution is 5.94. The first-order valence-electron chi connectivity index (χ1n) is 12.7. The molecule has 2 fully saturated rings.